The van der Waals surface area contributed by atoms with Crippen LogP contribution in [0, 0.1) is 16.7 Å². The van der Waals surface area contributed by atoms with E-state index in [1.165, 1.54) is 32.1 Å². The fourth-order valence-corrected chi connectivity index (χ4v) is 6.22. The van der Waals surface area contributed by atoms with Gasteiger partial charge >= 0.3 is 6.03 Å². The van der Waals surface area contributed by atoms with E-state index in [0.717, 1.165) is 26.1 Å². The van der Waals surface area contributed by atoms with Crippen LogP contribution < -0.4 is 10.6 Å². The van der Waals surface area contributed by atoms with Gasteiger partial charge in [-0.25, -0.2) is 4.79 Å². The lowest BCUT2D eigenvalue weighted by Gasteiger charge is -2.58. The summed E-state index contributed by atoms with van der Waals surface area (Å²) in [5.41, 5.74) is 0.217. The van der Waals surface area contributed by atoms with Crippen molar-refractivity contribution in [3.63, 3.8) is 0 Å². The lowest BCUT2D eigenvalue weighted by atomic mass is 9.55. The number of amides is 2. The van der Waals surface area contributed by atoms with E-state index < -0.39 is 0 Å². The molecular formula is C20H34N2O3. The third-order valence-corrected chi connectivity index (χ3v) is 7.63. The predicted octanol–water partition coefficient (Wildman–Crippen LogP) is 3.23. The number of fused-ring (bicyclic) bond motifs is 1. The molecule has 0 unspecified atom stereocenters. The van der Waals surface area contributed by atoms with Gasteiger partial charge in [0.25, 0.3) is 0 Å². The van der Waals surface area contributed by atoms with Crippen LogP contribution in [0.1, 0.15) is 65.7 Å². The molecule has 2 amide bonds. The minimum atomic E-state index is 0.00771. The first-order valence-corrected chi connectivity index (χ1v) is 10.3. The molecule has 4 aliphatic rings. The zero-order valence-electron chi connectivity index (χ0n) is 16.0. The van der Waals surface area contributed by atoms with Crippen LogP contribution in [-0.2, 0) is 9.47 Å². The van der Waals surface area contributed by atoms with Crippen LogP contribution >= 0.6 is 0 Å². The van der Waals surface area contributed by atoms with Gasteiger partial charge < -0.3 is 20.1 Å². The molecule has 1 aliphatic heterocycles. The highest BCUT2D eigenvalue weighted by atomic mass is 16.5. The molecule has 142 valence electrons. The fraction of sp³-hybridized carbons (Fsp3) is 0.950. The molecule has 0 aromatic carbocycles. The topological polar surface area (TPSA) is 59.6 Å². The number of rotatable bonds is 4. The molecule has 5 heteroatoms. The van der Waals surface area contributed by atoms with E-state index in [4.69, 9.17) is 9.47 Å². The Balaban J connectivity index is 1.36. The van der Waals surface area contributed by atoms with Crippen molar-refractivity contribution in [3.05, 3.63) is 0 Å². The van der Waals surface area contributed by atoms with Gasteiger partial charge in [0.2, 0.25) is 0 Å². The third-order valence-electron chi connectivity index (χ3n) is 7.63. The van der Waals surface area contributed by atoms with Crippen molar-refractivity contribution in [1.82, 2.24) is 10.6 Å². The van der Waals surface area contributed by atoms with Crippen molar-refractivity contribution in [2.75, 3.05) is 13.2 Å². The SMILES string of the molecule is CCO[C@@H]1C[C@H](NC(=O)N[C@@H]2[C@H]3CCO[C@@H]3C2(C)C)C12CCCCC2. The van der Waals surface area contributed by atoms with Crippen molar-refractivity contribution >= 4 is 6.03 Å². The highest BCUT2D eigenvalue weighted by Crippen LogP contribution is 2.54. The number of carbonyl (C=O) groups excluding carboxylic acids is 1. The van der Waals surface area contributed by atoms with E-state index in [1.54, 1.807) is 0 Å². The second kappa shape index (κ2) is 6.41. The number of carbonyl (C=O) groups is 1. The lowest BCUT2D eigenvalue weighted by molar-refractivity contribution is -0.147. The smallest absolute Gasteiger partial charge is 0.315 e. The largest absolute Gasteiger partial charge is 0.378 e. The molecular weight excluding hydrogens is 316 g/mol. The fourth-order valence-electron chi connectivity index (χ4n) is 6.22. The zero-order valence-corrected chi connectivity index (χ0v) is 16.0. The van der Waals surface area contributed by atoms with Gasteiger partial charge in [0.15, 0.2) is 0 Å². The summed E-state index contributed by atoms with van der Waals surface area (Å²) >= 11 is 0. The minimum absolute atomic E-state index is 0.00771. The zero-order chi connectivity index (χ0) is 17.7. The predicted molar refractivity (Wildman–Crippen MR) is 96.4 cm³/mol. The van der Waals surface area contributed by atoms with Crippen LogP contribution in [0.5, 0.6) is 0 Å². The van der Waals surface area contributed by atoms with Crippen LogP contribution in [0.25, 0.3) is 0 Å². The quantitative estimate of drug-likeness (QED) is 0.818. The van der Waals surface area contributed by atoms with Crippen LogP contribution in [0.2, 0.25) is 0 Å². The van der Waals surface area contributed by atoms with Gasteiger partial charge in [0.1, 0.15) is 0 Å². The van der Waals surface area contributed by atoms with Crippen molar-refractivity contribution in [3.8, 4) is 0 Å². The summed E-state index contributed by atoms with van der Waals surface area (Å²) < 4.78 is 11.8. The maximum absolute atomic E-state index is 12.7. The number of urea groups is 1. The van der Waals surface area contributed by atoms with E-state index in [2.05, 4.69) is 31.4 Å². The van der Waals surface area contributed by atoms with Gasteiger partial charge in [-0.3, -0.25) is 0 Å². The first kappa shape index (κ1) is 17.6. The van der Waals surface area contributed by atoms with E-state index in [9.17, 15) is 4.79 Å². The van der Waals surface area contributed by atoms with Gasteiger partial charge in [-0.2, -0.15) is 0 Å². The Hall–Kier alpha value is -0.810. The standard InChI is InChI=1S/C20H34N2O3/c1-4-24-15-12-14(20(15)9-6-5-7-10-20)21-18(23)22-16-13-8-11-25-17(13)19(16,2)3/h13-17H,4-12H2,1-3H3,(H2,21,22,23)/t13-,14+,15-,16-,17+/m1/s1. The second-order valence-corrected chi connectivity index (χ2v) is 9.19. The monoisotopic (exact) mass is 350 g/mol. The van der Waals surface area contributed by atoms with Gasteiger partial charge in [0, 0.05) is 42.0 Å². The summed E-state index contributed by atoms with van der Waals surface area (Å²) in [6.07, 6.45) is 8.90. The molecule has 1 spiro atoms. The first-order valence-electron chi connectivity index (χ1n) is 10.3. The van der Waals surface area contributed by atoms with Crippen LogP contribution in [-0.4, -0.2) is 43.5 Å². The van der Waals surface area contributed by atoms with Crippen molar-refractivity contribution in [1.29, 1.82) is 0 Å². The van der Waals surface area contributed by atoms with Crippen molar-refractivity contribution in [2.45, 2.75) is 90.0 Å². The summed E-state index contributed by atoms with van der Waals surface area (Å²) in [6, 6.07) is 0.501. The number of hydrogen-bond donors (Lipinski definition) is 2. The Labute approximate surface area is 151 Å². The summed E-state index contributed by atoms with van der Waals surface area (Å²) in [5.74, 6) is 0.488. The van der Waals surface area contributed by atoms with E-state index in [-0.39, 0.29) is 28.9 Å². The number of nitrogens with one attached hydrogen (secondary N) is 2. The van der Waals surface area contributed by atoms with Crippen LogP contribution in [0.3, 0.4) is 0 Å². The summed E-state index contributed by atoms with van der Waals surface area (Å²) in [7, 11) is 0. The minimum Gasteiger partial charge on any atom is -0.378 e. The van der Waals surface area contributed by atoms with Gasteiger partial charge in [-0.1, -0.05) is 33.1 Å². The average molecular weight is 351 g/mol. The molecule has 0 aromatic rings. The van der Waals surface area contributed by atoms with E-state index >= 15 is 0 Å². The maximum atomic E-state index is 12.7. The molecule has 0 bridgehead atoms. The first-order chi connectivity index (χ1) is 12.0. The van der Waals surface area contributed by atoms with E-state index in [0.29, 0.717) is 18.1 Å². The molecule has 1 heterocycles. The molecule has 3 saturated carbocycles. The van der Waals surface area contributed by atoms with E-state index in [1.807, 2.05) is 0 Å². The highest BCUT2D eigenvalue weighted by molar-refractivity contribution is 5.75. The Kier molecular flexibility index (Phi) is 4.52. The van der Waals surface area contributed by atoms with Crippen LogP contribution in [0.15, 0.2) is 0 Å². The second-order valence-electron chi connectivity index (χ2n) is 9.19. The van der Waals surface area contributed by atoms with Gasteiger partial charge in [-0.05, 0) is 32.6 Å². The Bertz CT molecular complexity index is 515. The lowest BCUT2D eigenvalue weighted by Crippen LogP contribution is -2.70. The summed E-state index contributed by atoms with van der Waals surface area (Å²) in [6.45, 7) is 8.09. The average Bonchev–Trinajstić information content (AvgIpc) is 3.07. The molecule has 4 rings (SSSR count). The molecule has 0 aromatic heterocycles. The summed E-state index contributed by atoms with van der Waals surface area (Å²) in [4.78, 5) is 12.7. The normalized spacial score (nSPS) is 40.7. The van der Waals surface area contributed by atoms with Gasteiger partial charge in [-0.15, -0.1) is 0 Å². The molecule has 0 radical (unpaired) electrons. The summed E-state index contributed by atoms with van der Waals surface area (Å²) in [5, 5.41) is 6.59. The Morgan fingerprint density at radius 2 is 1.96 bits per heavy atom. The molecule has 5 atom stereocenters. The molecule has 1 saturated heterocycles. The van der Waals surface area contributed by atoms with Crippen molar-refractivity contribution in [2.24, 2.45) is 16.7 Å². The molecule has 3 aliphatic carbocycles. The number of ether oxygens (including phenoxy) is 2. The molecule has 25 heavy (non-hydrogen) atoms. The number of hydrogen-bond acceptors (Lipinski definition) is 3. The maximum Gasteiger partial charge on any atom is 0.315 e. The third kappa shape index (κ3) is 2.69. The van der Waals surface area contributed by atoms with Crippen molar-refractivity contribution < 1.29 is 14.3 Å². The van der Waals surface area contributed by atoms with Crippen LogP contribution in [0.4, 0.5) is 4.79 Å². The Morgan fingerprint density at radius 3 is 2.68 bits per heavy atom. The molecule has 5 nitrogen and oxygen atoms in total. The molecule has 4 fully saturated rings. The highest BCUT2D eigenvalue weighted by Gasteiger charge is 2.60. The molecule has 2 N–H and O–H groups in total. The van der Waals surface area contributed by atoms with Gasteiger partial charge in [0.05, 0.1) is 12.2 Å². The Morgan fingerprint density at radius 1 is 1.20 bits per heavy atom.